The van der Waals surface area contributed by atoms with Gasteiger partial charge in [-0.1, -0.05) is 0 Å². The van der Waals surface area contributed by atoms with E-state index < -0.39 is 22.6 Å². The van der Waals surface area contributed by atoms with Gasteiger partial charge in [0, 0.05) is 24.5 Å². The number of nitro benzene ring substituents is 1. The van der Waals surface area contributed by atoms with Crippen LogP contribution in [0.5, 0.6) is 0 Å². The summed E-state index contributed by atoms with van der Waals surface area (Å²) in [6.07, 6.45) is 0.876. The molecule has 0 saturated heterocycles. The van der Waals surface area contributed by atoms with Crippen molar-refractivity contribution in [3.05, 3.63) is 33.3 Å². The number of nitro groups is 1. The van der Waals surface area contributed by atoms with Gasteiger partial charge in [-0.3, -0.25) is 10.1 Å². The zero-order chi connectivity index (χ0) is 18.0. The van der Waals surface area contributed by atoms with Gasteiger partial charge in [-0.25, -0.2) is 8.42 Å². The van der Waals surface area contributed by atoms with E-state index in [1.807, 2.05) is 0 Å². The summed E-state index contributed by atoms with van der Waals surface area (Å²) >= 11 is 0. The minimum atomic E-state index is -10.7. The van der Waals surface area contributed by atoms with E-state index in [1.54, 1.807) is 0 Å². The van der Waals surface area contributed by atoms with Crippen molar-refractivity contribution in [3.8, 4) is 0 Å². The number of halogens is 6. The Kier molecular flexibility index (Phi) is 4.57. The predicted molar refractivity (Wildman–Crippen MR) is 64.5 cm³/mol. The number of rotatable bonds is 2. The first-order valence-electron chi connectivity index (χ1n) is 4.71. The predicted octanol–water partition coefficient (Wildman–Crippen LogP) is 4.87. The fourth-order valence-electron chi connectivity index (χ4n) is 0.996. The van der Waals surface area contributed by atoms with E-state index in [2.05, 4.69) is 4.98 Å². The molecule has 0 heterocycles. The molecule has 0 bridgehead atoms. The molecule has 0 aliphatic carbocycles. The third-order valence-electron chi connectivity index (χ3n) is 1.66. The molecule has 22 heavy (non-hydrogen) atoms. The molecule has 7 nitrogen and oxygen atoms in total. The van der Waals surface area contributed by atoms with Gasteiger partial charge in [-0.2, -0.15) is 0 Å². The van der Waals surface area contributed by atoms with Gasteiger partial charge >= 0.3 is 38.7 Å². The fourth-order valence-corrected chi connectivity index (χ4v) is 1.82. The van der Waals surface area contributed by atoms with Crippen molar-refractivity contribution in [2.24, 2.45) is 0 Å². The zero-order valence-electron chi connectivity index (χ0n) is 10.3. The van der Waals surface area contributed by atoms with Gasteiger partial charge in [-0.05, 0) is 0 Å². The van der Waals surface area contributed by atoms with Crippen molar-refractivity contribution in [1.29, 1.82) is 5.39 Å². The quantitative estimate of drug-likeness (QED) is 0.242. The van der Waals surface area contributed by atoms with Crippen LogP contribution < -0.4 is 0 Å². The maximum absolute atomic E-state index is 11.2. The average Bonchev–Trinajstić information content (AvgIpc) is 2.22. The summed E-state index contributed by atoms with van der Waals surface area (Å²) in [4.78, 5) is 12.0. The normalized spacial score (nSPS) is 14.6. The van der Waals surface area contributed by atoms with Crippen molar-refractivity contribution in [2.45, 2.75) is 4.90 Å². The van der Waals surface area contributed by atoms with Crippen molar-refractivity contribution in [3.63, 3.8) is 0 Å². The molecule has 0 fully saturated rings. The van der Waals surface area contributed by atoms with E-state index in [9.17, 15) is 43.7 Å². The van der Waals surface area contributed by atoms with Crippen LogP contribution in [0.25, 0.3) is 4.98 Å². The fraction of sp³-hybridized carbons (Fsp3) is 0.143. The Hall–Kier alpha value is -2.00. The Labute approximate surface area is 118 Å². The van der Waals surface area contributed by atoms with Crippen LogP contribution >= 0.6 is 7.81 Å². The number of nitrogens with zero attached hydrogens (tertiary/aromatic N) is 3. The van der Waals surface area contributed by atoms with Gasteiger partial charge in [0.2, 0.25) is 5.39 Å². The molecule has 0 atom stereocenters. The molecule has 0 unspecified atom stereocenters. The first-order chi connectivity index (χ1) is 9.31. The molecule has 1 aromatic rings. The molecule has 126 valence electrons. The van der Waals surface area contributed by atoms with E-state index in [4.69, 9.17) is 5.39 Å². The van der Waals surface area contributed by atoms with E-state index in [1.165, 1.54) is 0 Å². The summed E-state index contributed by atoms with van der Waals surface area (Å²) < 4.78 is 81.6. The van der Waals surface area contributed by atoms with Crippen LogP contribution in [0, 0.1) is 15.5 Å². The standard InChI is InChI=1S/C7H6N3O4S.F6P/c1-15(13,14)7-4-5(10(11)12)2-3-6(7)9-8;1-7(2,3,4,5)6/h2-4H,1H3;/q+1;-1. The van der Waals surface area contributed by atoms with Crippen molar-refractivity contribution in [2.75, 3.05) is 6.26 Å². The molecule has 0 aliphatic heterocycles. The van der Waals surface area contributed by atoms with E-state index in [0.29, 0.717) is 0 Å². The summed E-state index contributed by atoms with van der Waals surface area (Å²) in [5.41, 5.74) is -0.592. The Morgan fingerprint density at radius 3 is 1.86 bits per heavy atom. The second kappa shape index (κ2) is 5.03. The molecule has 15 heteroatoms. The molecule has 0 aliphatic rings. The maximum atomic E-state index is 11.2. The summed E-state index contributed by atoms with van der Waals surface area (Å²) in [7, 11) is -14.3. The molecule has 0 aromatic heterocycles. The Bertz CT molecular complexity index is 743. The number of benzene rings is 1. The van der Waals surface area contributed by atoms with Crippen molar-refractivity contribution < 1.29 is 38.5 Å². The van der Waals surface area contributed by atoms with Gasteiger partial charge < -0.3 is 0 Å². The Morgan fingerprint density at radius 1 is 1.18 bits per heavy atom. The van der Waals surface area contributed by atoms with E-state index >= 15 is 0 Å². The summed E-state index contributed by atoms with van der Waals surface area (Å²) in [6.45, 7) is 0. The Balaban J connectivity index is 0.000000534. The molecular weight excluding hydrogens is 367 g/mol. The van der Waals surface area contributed by atoms with Gasteiger partial charge in [0.05, 0.1) is 4.92 Å². The molecular formula is C7H6F6N3O4PS. The molecule has 1 rings (SSSR count). The monoisotopic (exact) mass is 373 g/mol. The summed E-state index contributed by atoms with van der Waals surface area (Å²) in [6, 6.07) is 2.97. The van der Waals surface area contributed by atoms with Crippen molar-refractivity contribution in [1.82, 2.24) is 0 Å². The second-order valence-corrected chi connectivity index (χ2v) is 7.64. The van der Waals surface area contributed by atoms with E-state index in [-0.39, 0.29) is 16.3 Å². The van der Waals surface area contributed by atoms with E-state index in [0.717, 1.165) is 24.5 Å². The third-order valence-corrected chi connectivity index (χ3v) is 2.79. The number of diazo groups is 1. The zero-order valence-corrected chi connectivity index (χ0v) is 12.0. The topological polar surface area (TPSA) is 105 Å². The molecule has 0 radical (unpaired) electrons. The Morgan fingerprint density at radius 2 is 1.59 bits per heavy atom. The van der Waals surface area contributed by atoms with Crippen LogP contribution in [0.3, 0.4) is 0 Å². The van der Waals surface area contributed by atoms with Gasteiger partial charge in [0.15, 0.2) is 19.7 Å². The molecule has 0 saturated carbocycles. The van der Waals surface area contributed by atoms with Crippen LogP contribution in [-0.4, -0.2) is 19.6 Å². The number of hydrogen-bond acceptors (Lipinski definition) is 5. The van der Waals surface area contributed by atoms with Crippen LogP contribution in [0.1, 0.15) is 0 Å². The summed E-state index contributed by atoms with van der Waals surface area (Å²) in [5, 5.41) is 18.9. The first-order valence-corrected chi connectivity index (χ1v) is 8.63. The second-order valence-electron chi connectivity index (χ2n) is 3.74. The van der Waals surface area contributed by atoms with Gasteiger partial charge in [0.1, 0.15) is 0 Å². The summed E-state index contributed by atoms with van der Waals surface area (Å²) in [5.74, 6) is 0. The van der Waals surface area contributed by atoms with Gasteiger partial charge in [-0.15, -0.1) is 0 Å². The molecule has 0 spiro atoms. The number of hydrogen-bond donors (Lipinski definition) is 0. The van der Waals surface area contributed by atoms with Crippen LogP contribution in [0.4, 0.5) is 36.6 Å². The number of non-ortho nitro benzene ring substituents is 1. The SMILES string of the molecule is CS(=O)(=O)c1cc([N+](=O)[O-])ccc1[N+]#N.F[P-](F)(F)(F)(F)F. The van der Waals surface area contributed by atoms with Gasteiger partial charge in [0.25, 0.3) is 5.69 Å². The first kappa shape index (κ1) is 20.0. The molecule has 0 amide bonds. The van der Waals surface area contributed by atoms with Crippen LogP contribution in [-0.2, 0) is 9.84 Å². The van der Waals surface area contributed by atoms with Crippen LogP contribution in [0.2, 0.25) is 0 Å². The van der Waals surface area contributed by atoms with Crippen LogP contribution in [0.15, 0.2) is 23.1 Å². The average molecular weight is 373 g/mol. The molecule has 0 N–H and O–H groups in total. The van der Waals surface area contributed by atoms with Crippen molar-refractivity contribution >= 4 is 29.0 Å². The minimum absolute atomic E-state index is 0.219. The third kappa shape index (κ3) is 9.83. The molecule has 1 aromatic carbocycles. The number of sulfone groups is 1.